The first-order valence-electron chi connectivity index (χ1n) is 8.04. The molecule has 1 amide bonds. The van der Waals surface area contributed by atoms with Crippen LogP contribution in [-0.4, -0.2) is 55.5 Å². The Morgan fingerprint density at radius 3 is 3.17 bits per heavy atom. The van der Waals surface area contributed by atoms with E-state index in [4.69, 9.17) is 4.74 Å². The molecule has 1 N–H and O–H groups in total. The van der Waals surface area contributed by atoms with Crippen molar-refractivity contribution in [1.82, 2.24) is 29.9 Å². The topological polar surface area (TPSA) is 88.9 Å². The number of carbonyl (C=O) groups is 1. The van der Waals surface area contributed by atoms with Crippen molar-refractivity contribution in [2.24, 2.45) is 0 Å². The van der Waals surface area contributed by atoms with Crippen molar-refractivity contribution in [3.63, 3.8) is 0 Å². The van der Waals surface area contributed by atoms with E-state index in [2.05, 4.69) is 20.3 Å². The van der Waals surface area contributed by atoms with Crippen molar-refractivity contribution >= 4 is 5.91 Å². The molecule has 1 aliphatic rings. The molecule has 8 heteroatoms. The molecule has 1 fully saturated rings. The van der Waals surface area contributed by atoms with E-state index in [1.807, 2.05) is 28.8 Å². The zero-order chi connectivity index (χ0) is 16.1. The molecule has 1 aliphatic heterocycles. The number of aromatic amines is 1. The van der Waals surface area contributed by atoms with Crippen LogP contribution in [0.1, 0.15) is 37.5 Å². The lowest BCUT2D eigenvalue weighted by molar-refractivity contribution is -0.139. The molecule has 3 rings (SSSR count). The fourth-order valence-electron chi connectivity index (χ4n) is 2.63. The molecular formula is C15H22N6O2. The van der Waals surface area contributed by atoms with Gasteiger partial charge in [0.2, 0.25) is 5.91 Å². The highest BCUT2D eigenvalue weighted by Crippen LogP contribution is 2.20. The lowest BCUT2D eigenvalue weighted by Gasteiger charge is -2.31. The summed E-state index contributed by atoms with van der Waals surface area (Å²) in [5.41, 5.74) is 0. The molecule has 3 heterocycles. The summed E-state index contributed by atoms with van der Waals surface area (Å²) in [5.74, 6) is 1.62. The quantitative estimate of drug-likeness (QED) is 0.856. The lowest BCUT2D eigenvalue weighted by atomic mass is 10.2. The Morgan fingerprint density at radius 1 is 1.52 bits per heavy atom. The van der Waals surface area contributed by atoms with Gasteiger partial charge in [-0.2, -0.15) is 10.2 Å². The van der Waals surface area contributed by atoms with Crippen LogP contribution in [-0.2, 0) is 22.5 Å². The number of ether oxygens (including phenoxy) is 1. The Kier molecular flexibility index (Phi) is 5.02. The Bertz CT molecular complexity index is 624. The molecule has 0 radical (unpaired) electrons. The number of amides is 1. The van der Waals surface area contributed by atoms with E-state index in [1.165, 1.54) is 0 Å². The molecular weight excluding hydrogens is 296 g/mol. The third-order valence-electron chi connectivity index (χ3n) is 3.93. The molecule has 0 aliphatic carbocycles. The standard InChI is InChI=1S/C15H22N6O2/c1-2-13-17-15(19-18-13)12-11-20(9-10-23-12)14(22)5-3-7-21-8-4-6-16-21/h4,6,8,12H,2-3,5,7,9-11H2,1H3,(H,17,18,19)/t12-/m1/s1. The van der Waals surface area contributed by atoms with Gasteiger partial charge in [-0.3, -0.25) is 14.6 Å². The van der Waals surface area contributed by atoms with Crippen LogP contribution in [0.4, 0.5) is 0 Å². The normalized spacial score (nSPS) is 18.3. The Labute approximate surface area is 134 Å². The molecule has 0 spiro atoms. The van der Waals surface area contributed by atoms with Crippen LogP contribution in [0.3, 0.4) is 0 Å². The zero-order valence-electron chi connectivity index (χ0n) is 13.3. The maximum Gasteiger partial charge on any atom is 0.222 e. The zero-order valence-corrected chi connectivity index (χ0v) is 13.3. The SMILES string of the molecule is CCc1nc([C@H]2CN(C(=O)CCCn3cccn3)CCO2)n[nH]1. The summed E-state index contributed by atoms with van der Waals surface area (Å²) in [6.45, 7) is 4.43. The lowest BCUT2D eigenvalue weighted by Crippen LogP contribution is -2.42. The summed E-state index contributed by atoms with van der Waals surface area (Å²) in [6, 6.07) is 1.88. The van der Waals surface area contributed by atoms with Gasteiger partial charge in [-0.05, 0) is 12.5 Å². The van der Waals surface area contributed by atoms with Crippen molar-refractivity contribution in [3.8, 4) is 0 Å². The van der Waals surface area contributed by atoms with Gasteiger partial charge in [0.25, 0.3) is 0 Å². The van der Waals surface area contributed by atoms with Crippen LogP contribution in [0.2, 0.25) is 0 Å². The Balaban J connectivity index is 1.50. The summed E-state index contributed by atoms with van der Waals surface area (Å²) < 4.78 is 7.56. The number of nitrogens with one attached hydrogen (secondary N) is 1. The molecule has 1 saturated heterocycles. The second-order valence-electron chi connectivity index (χ2n) is 5.57. The number of nitrogens with zero attached hydrogens (tertiary/aromatic N) is 5. The van der Waals surface area contributed by atoms with Crippen LogP contribution in [0, 0.1) is 0 Å². The fourth-order valence-corrected chi connectivity index (χ4v) is 2.63. The van der Waals surface area contributed by atoms with E-state index in [1.54, 1.807) is 6.20 Å². The highest BCUT2D eigenvalue weighted by molar-refractivity contribution is 5.76. The average Bonchev–Trinajstić information content (AvgIpc) is 3.26. The molecule has 23 heavy (non-hydrogen) atoms. The molecule has 0 unspecified atom stereocenters. The van der Waals surface area contributed by atoms with E-state index in [9.17, 15) is 4.79 Å². The first kappa shape index (κ1) is 15.7. The van der Waals surface area contributed by atoms with Crippen molar-refractivity contribution < 1.29 is 9.53 Å². The first-order valence-corrected chi connectivity index (χ1v) is 8.04. The van der Waals surface area contributed by atoms with E-state index in [-0.39, 0.29) is 12.0 Å². The van der Waals surface area contributed by atoms with Crippen molar-refractivity contribution in [2.45, 2.75) is 38.8 Å². The van der Waals surface area contributed by atoms with E-state index < -0.39 is 0 Å². The Morgan fingerprint density at radius 2 is 2.43 bits per heavy atom. The van der Waals surface area contributed by atoms with Crippen LogP contribution in [0.15, 0.2) is 18.5 Å². The highest BCUT2D eigenvalue weighted by Gasteiger charge is 2.27. The van der Waals surface area contributed by atoms with E-state index in [0.29, 0.717) is 31.9 Å². The number of aromatic nitrogens is 5. The molecule has 0 aromatic carbocycles. The molecule has 0 bridgehead atoms. The summed E-state index contributed by atoms with van der Waals surface area (Å²) in [4.78, 5) is 18.6. The maximum atomic E-state index is 12.4. The van der Waals surface area contributed by atoms with E-state index in [0.717, 1.165) is 25.2 Å². The molecule has 8 nitrogen and oxygen atoms in total. The van der Waals surface area contributed by atoms with Crippen LogP contribution >= 0.6 is 0 Å². The number of carbonyl (C=O) groups excluding carboxylic acids is 1. The number of morpholine rings is 1. The van der Waals surface area contributed by atoms with Gasteiger partial charge >= 0.3 is 0 Å². The average molecular weight is 318 g/mol. The van der Waals surface area contributed by atoms with Gasteiger partial charge in [-0.25, -0.2) is 4.98 Å². The minimum atomic E-state index is -0.240. The van der Waals surface area contributed by atoms with Crippen molar-refractivity contribution in [1.29, 1.82) is 0 Å². The minimum absolute atomic E-state index is 0.150. The third kappa shape index (κ3) is 3.95. The summed E-state index contributed by atoms with van der Waals surface area (Å²) in [7, 11) is 0. The van der Waals surface area contributed by atoms with Gasteiger partial charge in [0, 0.05) is 38.3 Å². The first-order chi connectivity index (χ1) is 11.3. The molecule has 2 aromatic rings. The summed E-state index contributed by atoms with van der Waals surface area (Å²) in [6.07, 6.45) is 5.51. The smallest absolute Gasteiger partial charge is 0.222 e. The number of hydrogen-bond donors (Lipinski definition) is 1. The largest absolute Gasteiger partial charge is 0.366 e. The third-order valence-corrected chi connectivity index (χ3v) is 3.93. The van der Waals surface area contributed by atoms with E-state index >= 15 is 0 Å². The highest BCUT2D eigenvalue weighted by atomic mass is 16.5. The van der Waals surface area contributed by atoms with Gasteiger partial charge < -0.3 is 9.64 Å². The predicted molar refractivity (Wildman–Crippen MR) is 82.5 cm³/mol. The molecule has 0 saturated carbocycles. The fraction of sp³-hybridized carbons (Fsp3) is 0.600. The monoisotopic (exact) mass is 318 g/mol. The van der Waals surface area contributed by atoms with Crippen molar-refractivity contribution in [3.05, 3.63) is 30.1 Å². The number of hydrogen-bond acceptors (Lipinski definition) is 5. The van der Waals surface area contributed by atoms with Gasteiger partial charge in [-0.1, -0.05) is 6.92 Å². The number of aryl methyl sites for hydroxylation is 2. The summed E-state index contributed by atoms with van der Waals surface area (Å²) in [5, 5.41) is 11.2. The molecule has 2 aromatic heterocycles. The predicted octanol–water partition coefficient (Wildman–Crippen LogP) is 0.944. The molecule has 1 atom stereocenters. The maximum absolute atomic E-state index is 12.4. The van der Waals surface area contributed by atoms with Crippen LogP contribution in [0.5, 0.6) is 0 Å². The van der Waals surface area contributed by atoms with Crippen molar-refractivity contribution in [2.75, 3.05) is 19.7 Å². The second-order valence-corrected chi connectivity index (χ2v) is 5.57. The minimum Gasteiger partial charge on any atom is -0.366 e. The van der Waals surface area contributed by atoms with Gasteiger partial charge in [-0.15, -0.1) is 0 Å². The van der Waals surface area contributed by atoms with Crippen LogP contribution < -0.4 is 0 Å². The Hall–Kier alpha value is -2.22. The van der Waals surface area contributed by atoms with Crippen LogP contribution in [0.25, 0.3) is 0 Å². The van der Waals surface area contributed by atoms with Gasteiger partial charge in [0.05, 0.1) is 13.2 Å². The van der Waals surface area contributed by atoms with Gasteiger partial charge in [0.1, 0.15) is 11.9 Å². The summed E-state index contributed by atoms with van der Waals surface area (Å²) >= 11 is 0. The number of rotatable bonds is 6. The molecule has 124 valence electrons. The second kappa shape index (κ2) is 7.36. The van der Waals surface area contributed by atoms with Gasteiger partial charge in [0.15, 0.2) is 5.82 Å². The number of H-pyrrole nitrogens is 1.